The molecule has 2 aliphatic heterocycles. The highest BCUT2D eigenvalue weighted by atomic mass is 16.6. The molecule has 0 spiro atoms. The van der Waals surface area contributed by atoms with Crippen molar-refractivity contribution in [2.45, 2.75) is 26.3 Å². The third-order valence-corrected chi connectivity index (χ3v) is 3.24. The van der Waals surface area contributed by atoms with Gasteiger partial charge in [-0.2, -0.15) is 0 Å². The lowest BCUT2D eigenvalue weighted by Gasteiger charge is -2.49. The molecule has 2 heterocycles. The molecular weight excluding hydrogens is 164 g/mol. The smallest absolute Gasteiger partial charge is 0.106 e. The molecule has 0 aromatic rings. The Morgan fingerprint density at radius 3 is 2.46 bits per heavy atom. The maximum absolute atomic E-state index is 4.85. The summed E-state index contributed by atoms with van der Waals surface area (Å²) >= 11 is 0. The largest absolute Gasteiger partial charge is 0.399 e. The van der Waals surface area contributed by atoms with Gasteiger partial charge in [-0.3, -0.25) is 4.90 Å². The summed E-state index contributed by atoms with van der Waals surface area (Å²) < 4.78 is 0. The zero-order valence-electron chi connectivity index (χ0n) is 8.66. The van der Waals surface area contributed by atoms with Gasteiger partial charge in [0.25, 0.3) is 0 Å². The van der Waals surface area contributed by atoms with Crippen molar-refractivity contribution in [3.63, 3.8) is 0 Å². The highest BCUT2D eigenvalue weighted by Gasteiger charge is 2.44. The third-order valence-electron chi connectivity index (χ3n) is 3.24. The van der Waals surface area contributed by atoms with Gasteiger partial charge in [0.05, 0.1) is 5.71 Å². The summed E-state index contributed by atoms with van der Waals surface area (Å²) in [5.74, 6) is 1.36. The average molecular weight is 182 g/mol. The Morgan fingerprint density at radius 1 is 1.38 bits per heavy atom. The molecule has 1 saturated carbocycles. The monoisotopic (exact) mass is 182 g/mol. The molecule has 2 saturated heterocycles. The van der Waals surface area contributed by atoms with Crippen molar-refractivity contribution in [3.8, 4) is 0 Å². The average Bonchev–Trinajstić information content (AvgIpc) is 2.14. The number of piperidine rings is 2. The first-order valence-corrected chi connectivity index (χ1v) is 5.07. The Hall–Kier alpha value is -0.570. The van der Waals surface area contributed by atoms with Crippen LogP contribution in [0.4, 0.5) is 0 Å². The number of oxime groups is 1. The van der Waals surface area contributed by atoms with Gasteiger partial charge in [0.1, 0.15) is 7.11 Å². The van der Waals surface area contributed by atoms with Crippen molar-refractivity contribution in [1.29, 1.82) is 0 Å². The Bertz CT molecular complexity index is 211. The number of hydrogen-bond acceptors (Lipinski definition) is 3. The molecule has 0 N–H and O–H groups in total. The standard InChI is InChI=1S/C10H18N2O/c1-7(2)12-5-8-4-9(6-12)10(8)11-13-3/h7-9H,4-6H2,1-3H3. The first-order chi connectivity index (χ1) is 6.22. The molecule has 1 aliphatic carbocycles. The van der Waals surface area contributed by atoms with Crippen molar-refractivity contribution in [1.82, 2.24) is 4.90 Å². The van der Waals surface area contributed by atoms with Crippen LogP contribution in [-0.4, -0.2) is 36.9 Å². The van der Waals surface area contributed by atoms with Gasteiger partial charge in [-0.15, -0.1) is 0 Å². The minimum absolute atomic E-state index is 0.675. The van der Waals surface area contributed by atoms with Gasteiger partial charge >= 0.3 is 0 Å². The van der Waals surface area contributed by atoms with Crippen LogP contribution in [0.15, 0.2) is 5.16 Å². The van der Waals surface area contributed by atoms with Crippen molar-refractivity contribution in [3.05, 3.63) is 0 Å². The van der Waals surface area contributed by atoms with Crippen LogP contribution in [0.2, 0.25) is 0 Å². The van der Waals surface area contributed by atoms with Crippen LogP contribution in [-0.2, 0) is 4.84 Å². The van der Waals surface area contributed by atoms with Crippen LogP contribution in [0.3, 0.4) is 0 Å². The summed E-state index contributed by atoms with van der Waals surface area (Å²) in [7, 11) is 1.64. The number of fused-ring (bicyclic) bond motifs is 2. The zero-order valence-corrected chi connectivity index (χ0v) is 8.66. The summed E-state index contributed by atoms with van der Waals surface area (Å²) in [6.45, 7) is 6.88. The summed E-state index contributed by atoms with van der Waals surface area (Å²) in [5.41, 5.74) is 1.31. The van der Waals surface area contributed by atoms with E-state index in [-0.39, 0.29) is 0 Å². The normalized spacial score (nSPS) is 33.1. The van der Waals surface area contributed by atoms with Crippen molar-refractivity contribution >= 4 is 5.71 Å². The molecule has 0 aromatic carbocycles. The second kappa shape index (κ2) is 3.29. The van der Waals surface area contributed by atoms with E-state index in [1.54, 1.807) is 7.11 Å². The van der Waals surface area contributed by atoms with Crippen LogP contribution in [0.5, 0.6) is 0 Å². The SMILES string of the molecule is CON=C1C2CC1CN(C(C)C)C2. The van der Waals surface area contributed by atoms with E-state index in [4.69, 9.17) is 4.84 Å². The Balaban J connectivity index is 1.98. The molecule has 0 aromatic heterocycles. The molecule has 2 unspecified atom stereocenters. The van der Waals surface area contributed by atoms with E-state index in [0.29, 0.717) is 17.9 Å². The molecule has 13 heavy (non-hydrogen) atoms. The van der Waals surface area contributed by atoms with Crippen molar-refractivity contribution < 1.29 is 4.84 Å². The summed E-state index contributed by atoms with van der Waals surface area (Å²) in [4.78, 5) is 7.38. The molecule has 74 valence electrons. The molecular formula is C10H18N2O. The topological polar surface area (TPSA) is 24.8 Å². The second-order valence-electron chi connectivity index (χ2n) is 4.38. The Morgan fingerprint density at radius 2 is 2.00 bits per heavy atom. The fraction of sp³-hybridized carbons (Fsp3) is 0.900. The van der Waals surface area contributed by atoms with E-state index in [9.17, 15) is 0 Å². The lowest BCUT2D eigenvalue weighted by molar-refractivity contribution is 0.0979. The van der Waals surface area contributed by atoms with Crippen molar-refractivity contribution in [2.24, 2.45) is 17.0 Å². The molecule has 0 radical (unpaired) electrons. The molecule has 3 nitrogen and oxygen atoms in total. The van der Waals surface area contributed by atoms with Gasteiger partial charge in [0.2, 0.25) is 0 Å². The van der Waals surface area contributed by atoms with Crippen LogP contribution >= 0.6 is 0 Å². The number of nitrogens with zero attached hydrogens (tertiary/aromatic N) is 2. The van der Waals surface area contributed by atoms with Gasteiger partial charge in [0, 0.05) is 31.0 Å². The van der Waals surface area contributed by atoms with Crippen LogP contribution in [0, 0.1) is 11.8 Å². The maximum atomic E-state index is 4.85. The zero-order chi connectivity index (χ0) is 9.42. The minimum atomic E-state index is 0.675. The van der Waals surface area contributed by atoms with E-state index >= 15 is 0 Å². The fourth-order valence-electron chi connectivity index (χ4n) is 2.41. The Kier molecular flexibility index (Phi) is 2.28. The molecule has 0 amide bonds. The molecule has 2 bridgehead atoms. The highest BCUT2D eigenvalue weighted by molar-refractivity contribution is 5.94. The summed E-state index contributed by atoms with van der Waals surface area (Å²) in [6, 6.07) is 0.675. The molecule has 3 heteroatoms. The van der Waals surface area contributed by atoms with Crippen LogP contribution < -0.4 is 0 Å². The van der Waals surface area contributed by atoms with Gasteiger partial charge in [-0.05, 0) is 20.3 Å². The molecule has 2 atom stereocenters. The number of hydrogen-bond donors (Lipinski definition) is 0. The van der Waals surface area contributed by atoms with Gasteiger partial charge in [-0.25, -0.2) is 0 Å². The lowest BCUT2D eigenvalue weighted by Crippen LogP contribution is -2.57. The molecule has 3 rings (SSSR count). The maximum Gasteiger partial charge on any atom is 0.106 e. The predicted molar refractivity (Wildman–Crippen MR) is 52.8 cm³/mol. The van der Waals surface area contributed by atoms with E-state index in [1.807, 2.05) is 0 Å². The van der Waals surface area contributed by atoms with E-state index < -0.39 is 0 Å². The Labute approximate surface area is 79.7 Å². The summed E-state index contributed by atoms with van der Waals surface area (Å²) in [6.07, 6.45) is 1.32. The molecule has 3 fully saturated rings. The third kappa shape index (κ3) is 1.46. The highest BCUT2D eigenvalue weighted by Crippen LogP contribution is 2.37. The van der Waals surface area contributed by atoms with Crippen LogP contribution in [0.25, 0.3) is 0 Å². The van der Waals surface area contributed by atoms with E-state index in [2.05, 4.69) is 23.9 Å². The first-order valence-electron chi connectivity index (χ1n) is 5.07. The first kappa shape index (κ1) is 9.00. The summed E-state index contributed by atoms with van der Waals surface area (Å²) in [5, 5.41) is 4.10. The lowest BCUT2D eigenvalue weighted by atomic mass is 9.68. The second-order valence-corrected chi connectivity index (χ2v) is 4.38. The molecule has 3 aliphatic rings. The van der Waals surface area contributed by atoms with Gasteiger partial charge in [-0.1, -0.05) is 5.16 Å². The van der Waals surface area contributed by atoms with E-state index in [0.717, 1.165) is 0 Å². The van der Waals surface area contributed by atoms with Crippen molar-refractivity contribution in [2.75, 3.05) is 20.2 Å². The predicted octanol–water partition coefficient (Wildman–Crippen LogP) is 1.35. The van der Waals surface area contributed by atoms with Gasteiger partial charge < -0.3 is 4.84 Å². The fourth-order valence-corrected chi connectivity index (χ4v) is 2.41. The number of rotatable bonds is 2. The van der Waals surface area contributed by atoms with E-state index in [1.165, 1.54) is 25.2 Å². The minimum Gasteiger partial charge on any atom is -0.399 e. The van der Waals surface area contributed by atoms with Crippen LogP contribution in [0.1, 0.15) is 20.3 Å². The van der Waals surface area contributed by atoms with Gasteiger partial charge in [0.15, 0.2) is 0 Å². The quantitative estimate of drug-likeness (QED) is 0.602.